The van der Waals surface area contributed by atoms with Crippen LogP contribution in [0.3, 0.4) is 0 Å². The highest BCUT2D eigenvalue weighted by Crippen LogP contribution is 2.23. The van der Waals surface area contributed by atoms with Gasteiger partial charge in [-0.25, -0.2) is 0 Å². The number of hydrogen-bond donors (Lipinski definition) is 2. The number of piperidine rings is 1. The van der Waals surface area contributed by atoms with Gasteiger partial charge in [-0.3, -0.25) is 4.79 Å². The zero-order chi connectivity index (χ0) is 14.7. The molecule has 0 unspecified atom stereocenters. The van der Waals surface area contributed by atoms with E-state index in [9.17, 15) is 9.90 Å². The fourth-order valence-corrected chi connectivity index (χ4v) is 3.02. The lowest BCUT2D eigenvalue weighted by atomic mass is 9.95. The SMILES string of the molecule is C[C@@H]1CCC[C@H](C)N1C(=O)[C@@H](N)Cc1ccc(O)cc1. The Bertz CT molecular complexity index is 448. The van der Waals surface area contributed by atoms with Crippen LogP contribution in [0.25, 0.3) is 0 Å². The van der Waals surface area contributed by atoms with E-state index >= 15 is 0 Å². The zero-order valence-corrected chi connectivity index (χ0v) is 12.2. The Labute approximate surface area is 120 Å². The number of hydrogen-bond acceptors (Lipinski definition) is 3. The smallest absolute Gasteiger partial charge is 0.240 e. The minimum Gasteiger partial charge on any atom is -0.508 e. The first kappa shape index (κ1) is 14.9. The Morgan fingerprint density at radius 3 is 2.40 bits per heavy atom. The lowest BCUT2D eigenvalue weighted by Gasteiger charge is -2.40. The maximum Gasteiger partial charge on any atom is 0.240 e. The molecule has 1 fully saturated rings. The van der Waals surface area contributed by atoms with Crippen LogP contribution >= 0.6 is 0 Å². The Balaban J connectivity index is 2.02. The summed E-state index contributed by atoms with van der Waals surface area (Å²) in [4.78, 5) is 14.5. The Morgan fingerprint density at radius 2 is 1.85 bits per heavy atom. The minimum absolute atomic E-state index is 0.0396. The molecule has 0 saturated carbocycles. The molecule has 0 spiro atoms. The summed E-state index contributed by atoms with van der Waals surface area (Å²) < 4.78 is 0. The van der Waals surface area contributed by atoms with Crippen molar-refractivity contribution in [2.24, 2.45) is 5.73 Å². The van der Waals surface area contributed by atoms with Crippen LogP contribution in [-0.4, -0.2) is 34.0 Å². The first-order chi connectivity index (χ1) is 9.49. The van der Waals surface area contributed by atoms with Gasteiger partial charge in [-0.05, 0) is 57.2 Å². The van der Waals surface area contributed by atoms with Crippen molar-refractivity contribution in [1.82, 2.24) is 4.90 Å². The molecule has 110 valence electrons. The summed E-state index contributed by atoms with van der Waals surface area (Å²) in [5, 5.41) is 9.27. The van der Waals surface area contributed by atoms with E-state index in [-0.39, 0.29) is 23.7 Å². The molecule has 0 aromatic heterocycles. The molecular weight excluding hydrogens is 252 g/mol. The molecule has 1 heterocycles. The molecule has 0 bridgehead atoms. The van der Waals surface area contributed by atoms with Gasteiger partial charge in [-0.1, -0.05) is 12.1 Å². The van der Waals surface area contributed by atoms with Crippen molar-refractivity contribution >= 4 is 5.91 Å². The standard InChI is InChI=1S/C16H24N2O2/c1-11-4-3-5-12(2)18(11)16(20)15(17)10-13-6-8-14(19)9-7-13/h6-9,11-12,15,19H,3-5,10,17H2,1-2H3/t11-,12+,15-/m0/s1. The molecule has 3 atom stereocenters. The van der Waals surface area contributed by atoms with Crippen molar-refractivity contribution in [2.45, 2.75) is 57.7 Å². The molecule has 0 aliphatic carbocycles. The highest BCUT2D eigenvalue weighted by Gasteiger charge is 2.31. The van der Waals surface area contributed by atoms with Crippen LogP contribution in [0.4, 0.5) is 0 Å². The van der Waals surface area contributed by atoms with Crippen molar-refractivity contribution in [1.29, 1.82) is 0 Å². The summed E-state index contributed by atoms with van der Waals surface area (Å²) in [5.74, 6) is 0.268. The number of amides is 1. The van der Waals surface area contributed by atoms with E-state index in [1.165, 1.54) is 6.42 Å². The molecule has 1 aromatic rings. The molecule has 1 amide bonds. The van der Waals surface area contributed by atoms with Gasteiger partial charge in [-0.2, -0.15) is 0 Å². The van der Waals surface area contributed by atoms with Crippen molar-refractivity contribution in [3.05, 3.63) is 29.8 Å². The molecule has 0 radical (unpaired) electrons. The molecule has 3 N–H and O–H groups in total. The van der Waals surface area contributed by atoms with Crippen LogP contribution in [-0.2, 0) is 11.2 Å². The molecule has 20 heavy (non-hydrogen) atoms. The number of phenols is 1. The molecular formula is C16H24N2O2. The number of likely N-dealkylation sites (tertiary alicyclic amines) is 1. The largest absolute Gasteiger partial charge is 0.508 e. The molecule has 4 heteroatoms. The average Bonchev–Trinajstić information content (AvgIpc) is 2.41. The van der Waals surface area contributed by atoms with Gasteiger partial charge in [0, 0.05) is 12.1 Å². The van der Waals surface area contributed by atoms with Gasteiger partial charge >= 0.3 is 0 Å². The van der Waals surface area contributed by atoms with E-state index in [1.54, 1.807) is 12.1 Å². The van der Waals surface area contributed by atoms with E-state index in [2.05, 4.69) is 13.8 Å². The quantitative estimate of drug-likeness (QED) is 0.888. The second-order valence-electron chi connectivity index (χ2n) is 5.85. The third kappa shape index (κ3) is 3.31. The fourth-order valence-electron chi connectivity index (χ4n) is 3.02. The van der Waals surface area contributed by atoms with Crippen molar-refractivity contribution < 1.29 is 9.90 Å². The minimum atomic E-state index is -0.512. The van der Waals surface area contributed by atoms with Crippen LogP contribution in [0.2, 0.25) is 0 Å². The van der Waals surface area contributed by atoms with Crippen LogP contribution in [0.5, 0.6) is 5.75 Å². The normalized spacial score (nSPS) is 24.4. The first-order valence-corrected chi connectivity index (χ1v) is 7.34. The van der Waals surface area contributed by atoms with Crippen LogP contribution < -0.4 is 5.73 Å². The number of aromatic hydroxyl groups is 1. The molecule has 1 aromatic carbocycles. The van der Waals surface area contributed by atoms with Gasteiger partial charge < -0.3 is 15.7 Å². The first-order valence-electron chi connectivity index (χ1n) is 7.34. The second kappa shape index (κ2) is 6.27. The van der Waals surface area contributed by atoms with Gasteiger partial charge in [0.2, 0.25) is 5.91 Å². The third-order valence-corrected chi connectivity index (χ3v) is 4.16. The molecule has 1 saturated heterocycles. The topological polar surface area (TPSA) is 66.6 Å². The predicted octanol–water partition coefficient (Wildman–Crippen LogP) is 2.05. The van der Waals surface area contributed by atoms with E-state index < -0.39 is 6.04 Å². The molecule has 2 rings (SSSR count). The van der Waals surface area contributed by atoms with Gasteiger partial charge in [0.1, 0.15) is 5.75 Å². The highest BCUT2D eigenvalue weighted by molar-refractivity contribution is 5.82. The van der Waals surface area contributed by atoms with Crippen molar-refractivity contribution in [3.63, 3.8) is 0 Å². The fraction of sp³-hybridized carbons (Fsp3) is 0.562. The van der Waals surface area contributed by atoms with Crippen LogP contribution in [0.1, 0.15) is 38.7 Å². The molecule has 4 nitrogen and oxygen atoms in total. The number of nitrogens with zero attached hydrogens (tertiary/aromatic N) is 1. The number of phenolic OH excluding ortho intramolecular Hbond substituents is 1. The number of rotatable bonds is 3. The van der Waals surface area contributed by atoms with Gasteiger partial charge in [0.25, 0.3) is 0 Å². The number of nitrogens with two attached hydrogens (primary N) is 1. The number of carbonyl (C=O) groups excluding carboxylic acids is 1. The summed E-state index contributed by atoms with van der Waals surface area (Å²) in [5.41, 5.74) is 7.06. The van der Waals surface area contributed by atoms with Crippen molar-refractivity contribution in [2.75, 3.05) is 0 Å². The summed E-state index contributed by atoms with van der Waals surface area (Å²) >= 11 is 0. The Kier molecular flexibility index (Phi) is 4.65. The lowest BCUT2D eigenvalue weighted by molar-refractivity contribution is -0.138. The van der Waals surface area contributed by atoms with Gasteiger partial charge in [0.05, 0.1) is 6.04 Å². The van der Waals surface area contributed by atoms with Crippen molar-refractivity contribution in [3.8, 4) is 5.75 Å². The van der Waals surface area contributed by atoms with Crippen LogP contribution in [0, 0.1) is 0 Å². The lowest BCUT2D eigenvalue weighted by Crippen LogP contribution is -2.54. The number of benzene rings is 1. The average molecular weight is 276 g/mol. The highest BCUT2D eigenvalue weighted by atomic mass is 16.3. The van der Waals surface area contributed by atoms with E-state index in [1.807, 2.05) is 17.0 Å². The summed E-state index contributed by atoms with van der Waals surface area (Å²) in [7, 11) is 0. The molecule has 1 aliphatic heterocycles. The third-order valence-electron chi connectivity index (χ3n) is 4.16. The van der Waals surface area contributed by atoms with E-state index in [4.69, 9.17) is 5.73 Å². The second-order valence-corrected chi connectivity index (χ2v) is 5.85. The molecule has 1 aliphatic rings. The zero-order valence-electron chi connectivity index (χ0n) is 12.2. The summed E-state index contributed by atoms with van der Waals surface area (Å²) in [6, 6.07) is 6.91. The summed E-state index contributed by atoms with van der Waals surface area (Å²) in [6.45, 7) is 4.20. The van der Waals surface area contributed by atoms with Crippen LogP contribution in [0.15, 0.2) is 24.3 Å². The maximum absolute atomic E-state index is 12.5. The van der Waals surface area contributed by atoms with E-state index in [0.29, 0.717) is 6.42 Å². The Morgan fingerprint density at radius 1 is 1.30 bits per heavy atom. The predicted molar refractivity (Wildman–Crippen MR) is 79.4 cm³/mol. The monoisotopic (exact) mass is 276 g/mol. The maximum atomic E-state index is 12.5. The number of carbonyl (C=O) groups is 1. The Hall–Kier alpha value is -1.55. The van der Waals surface area contributed by atoms with E-state index in [0.717, 1.165) is 18.4 Å². The van der Waals surface area contributed by atoms with Gasteiger partial charge in [-0.15, -0.1) is 0 Å². The van der Waals surface area contributed by atoms with Gasteiger partial charge in [0.15, 0.2) is 0 Å². The summed E-state index contributed by atoms with van der Waals surface area (Å²) in [6.07, 6.45) is 3.80.